The molecule has 0 spiro atoms. The van der Waals surface area contributed by atoms with Gasteiger partial charge in [0.2, 0.25) is 0 Å². The fraction of sp³-hybridized carbons (Fsp3) is 0.286. The number of furan rings is 1. The summed E-state index contributed by atoms with van der Waals surface area (Å²) < 4.78 is 5.27. The van der Waals surface area contributed by atoms with Crippen molar-refractivity contribution in [3.8, 4) is 0 Å². The van der Waals surface area contributed by atoms with E-state index in [2.05, 4.69) is 5.32 Å². The van der Waals surface area contributed by atoms with Crippen molar-refractivity contribution in [3.63, 3.8) is 0 Å². The van der Waals surface area contributed by atoms with Gasteiger partial charge in [0.15, 0.2) is 0 Å². The molecule has 2 amide bonds. The first-order chi connectivity index (χ1) is 9.63. The Hall–Kier alpha value is -2.50. The fourth-order valence-corrected chi connectivity index (χ4v) is 2.38. The minimum absolute atomic E-state index is 0.254. The molecule has 1 aliphatic rings. The lowest BCUT2D eigenvalue weighted by molar-refractivity contribution is -0.141. The number of urea groups is 1. The predicted molar refractivity (Wildman–Crippen MR) is 72.5 cm³/mol. The van der Waals surface area contributed by atoms with Crippen LogP contribution in [0.15, 0.2) is 34.9 Å². The molecule has 3 rings (SSSR count). The number of fused-ring (bicyclic) bond motifs is 1. The number of amides is 2. The lowest BCUT2D eigenvalue weighted by Crippen LogP contribution is -2.33. The van der Waals surface area contributed by atoms with Gasteiger partial charge < -0.3 is 19.7 Å². The van der Waals surface area contributed by atoms with E-state index in [-0.39, 0.29) is 12.6 Å². The maximum absolute atomic E-state index is 12.0. The molecule has 2 aromatic rings. The van der Waals surface area contributed by atoms with E-state index in [1.165, 1.54) is 4.90 Å². The molecule has 0 bridgehead atoms. The van der Waals surface area contributed by atoms with Crippen molar-refractivity contribution in [3.05, 3.63) is 30.5 Å². The molecule has 2 heterocycles. The van der Waals surface area contributed by atoms with E-state index >= 15 is 0 Å². The number of hydrogen-bond acceptors (Lipinski definition) is 3. The minimum atomic E-state index is -0.850. The van der Waals surface area contributed by atoms with Crippen LogP contribution in [0.2, 0.25) is 0 Å². The topological polar surface area (TPSA) is 82.8 Å². The molecule has 0 aliphatic carbocycles. The van der Waals surface area contributed by atoms with Crippen LogP contribution in [0, 0.1) is 5.92 Å². The molecule has 20 heavy (non-hydrogen) atoms. The van der Waals surface area contributed by atoms with Gasteiger partial charge in [0.05, 0.1) is 12.2 Å². The van der Waals surface area contributed by atoms with Gasteiger partial charge in [-0.15, -0.1) is 0 Å². The third-order valence-electron chi connectivity index (χ3n) is 3.53. The summed E-state index contributed by atoms with van der Waals surface area (Å²) in [7, 11) is 0. The van der Waals surface area contributed by atoms with E-state index in [1.807, 2.05) is 12.1 Å². The first kappa shape index (κ1) is 12.5. The van der Waals surface area contributed by atoms with Gasteiger partial charge in [-0.1, -0.05) is 0 Å². The molecule has 1 saturated heterocycles. The number of carbonyl (C=O) groups excluding carboxylic acids is 1. The first-order valence-electron chi connectivity index (χ1n) is 6.39. The lowest BCUT2D eigenvalue weighted by atomic mass is 10.1. The molecule has 0 radical (unpaired) electrons. The van der Waals surface area contributed by atoms with Crippen LogP contribution in [0.1, 0.15) is 6.42 Å². The van der Waals surface area contributed by atoms with E-state index in [9.17, 15) is 9.59 Å². The summed E-state index contributed by atoms with van der Waals surface area (Å²) in [6.07, 6.45) is 2.09. The number of benzene rings is 1. The summed E-state index contributed by atoms with van der Waals surface area (Å²) in [6.45, 7) is 0.718. The van der Waals surface area contributed by atoms with Crippen LogP contribution in [0.25, 0.3) is 11.0 Å². The Balaban J connectivity index is 1.68. The lowest BCUT2D eigenvalue weighted by Gasteiger charge is -2.16. The largest absolute Gasteiger partial charge is 0.481 e. The molecule has 1 fully saturated rings. The highest BCUT2D eigenvalue weighted by Gasteiger charge is 2.30. The van der Waals surface area contributed by atoms with Gasteiger partial charge in [-0.05, 0) is 24.6 Å². The van der Waals surface area contributed by atoms with Gasteiger partial charge in [0.25, 0.3) is 0 Å². The highest BCUT2D eigenvalue weighted by atomic mass is 16.4. The highest BCUT2D eigenvalue weighted by molar-refractivity contribution is 5.92. The Morgan fingerprint density at radius 1 is 1.35 bits per heavy atom. The van der Waals surface area contributed by atoms with Gasteiger partial charge in [-0.3, -0.25) is 4.79 Å². The Morgan fingerprint density at radius 3 is 2.95 bits per heavy atom. The Labute approximate surface area is 115 Å². The molecular weight excluding hydrogens is 260 g/mol. The van der Waals surface area contributed by atoms with Gasteiger partial charge in [-0.25, -0.2) is 4.79 Å². The van der Waals surface area contributed by atoms with Crippen LogP contribution in [0.5, 0.6) is 0 Å². The number of carbonyl (C=O) groups is 2. The monoisotopic (exact) mass is 274 g/mol. The molecule has 2 N–H and O–H groups in total. The maximum Gasteiger partial charge on any atom is 0.321 e. The quantitative estimate of drug-likeness (QED) is 0.880. The van der Waals surface area contributed by atoms with E-state index in [0.29, 0.717) is 24.2 Å². The summed E-state index contributed by atoms with van der Waals surface area (Å²) in [5.74, 6) is -1.31. The number of nitrogens with one attached hydrogen (secondary N) is 1. The predicted octanol–water partition coefficient (Wildman–Crippen LogP) is 2.37. The van der Waals surface area contributed by atoms with Crippen molar-refractivity contribution in [1.82, 2.24) is 4.90 Å². The molecule has 1 unspecified atom stereocenters. The third kappa shape index (κ3) is 2.32. The molecule has 1 atom stereocenters. The van der Waals surface area contributed by atoms with Gasteiger partial charge in [-0.2, -0.15) is 0 Å². The molecule has 1 aliphatic heterocycles. The van der Waals surface area contributed by atoms with Crippen molar-refractivity contribution in [2.24, 2.45) is 5.92 Å². The van der Waals surface area contributed by atoms with Crippen LogP contribution in [0.3, 0.4) is 0 Å². The van der Waals surface area contributed by atoms with Crippen molar-refractivity contribution < 1.29 is 19.1 Å². The van der Waals surface area contributed by atoms with Crippen molar-refractivity contribution >= 4 is 28.7 Å². The smallest absolute Gasteiger partial charge is 0.321 e. The Morgan fingerprint density at radius 2 is 2.20 bits per heavy atom. The summed E-state index contributed by atoms with van der Waals surface area (Å²) in [5.41, 5.74) is 1.34. The molecule has 1 aromatic heterocycles. The minimum Gasteiger partial charge on any atom is -0.481 e. The van der Waals surface area contributed by atoms with E-state index in [4.69, 9.17) is 9.52 Å². The summed E-state index contributed by atoms with van der Waals surface area (Å²) >= 11 is 0. The number of hydrogen-bond donors (Lipinski definition) is 2. The van der Waals surface area contributed by atoms with Crippen LogP contribution in [-0.2, 0) is 4.79 Å². The van der Waals surface area contributed by atoms with E-state index < -0.39 is 11.9 Å². The summed E-state index contributed by atoms with van der Waals surface area (Å²) in [5, 5.41) is 12.7. The fourth-order valence-electron chi connectivity index (χ4n) is 2.38. The molecule has 6 nitrogen and oxygen atoms in total. The second-order valence-electron chi connectivity index (χ2n) is 4.87. The van der Waals surface area contributed by atoms with Gasteiger partial charge >= 0.3 is 12.0 Å². The van der Waals surface area contributed by atoms with Crippen LogP contribution < -0.4 is 5.32 Å². The maximum atomic E-state index is 12.0. The van der Waals surface area contributed by atoms with Crippen molar-refractivity contribution in [2.75, 3.05) is 18.4 Å². The SMILES string of the molecule is O=C(O)C1CCN(C(=O)Nc2ccc3ccoc3c2)C1. The zero-order valence-corrected chi connectivity index (χ0v) is 10.7. The van der Waals surface area contributed by atoms with Crippen LogP contribution in [0.4, 0.5) is 10.5 Å². The summed E-state index contributed by atoms with van der Waals surface area (Å²) in [6, 6.07) is 6.97. The zero-order valence-electron chi connectivity index (χ0n) is 10.7. The zero-order chi connectivity index (χ0) is 14.1. The number of aliphatic carboxylic acids is 1. The average molecular weight is 274 g/mol. The number of anilines is 1. The molecular formula is C14H14N2O4. The number of carboxylic acid groups (broad SMARTS) is 1. The Kier molecular flexibility index (Phi) is 3.06. The average Bonchev–Trinajstić information content (AvgIpc) is 3.07. The van der Waals surface area contributed by atoms with Gasteiger partial charge in [0.1, 0.15) is 5.58 Å². The van der Waals surface area contributed by atoms with Crippen molar-refractivity contribution in [2.45, 2.75) is 6.42 Å². The number of likely N-dealkylation sites (tertiary alicyclic amines) is 1. The van der Waals surface area contributed by atoms with E-state index in [1.54, 1.807) is 18.4 Å². The van der Waals surface area contributed by atoms with Crippen LogP contribution >= 0.6 is 0 Å². The number of rotatable bonds is 2. The second-order valence-corrected chi connectivity index (χ2v) is 4.87. The number of carboxylic acids is 1. The summed E-state index contributed by atoms with van der Waals surface area (Å²) in [4.78, 5) is 24.4. The van der Waals surface area contributed by atoms with Crippen molar-refractivity contribution in [1.29, 1.82) is 0 Å². The third-order valence-corrected chi connectivity index (χ3v) is 3.53. The number of nitrogens with zero attached hydrogens (tertiary/aromatic N) is 1. The molecule has 6 heteroatoms. The van der Waals surface area contributed by atoms with Gasteiger partial charge in [0, 0.05) is 30.2 Å². The second kappa shape index (κ2) is 4.88. The normalized spacial score (nSPS) is 18.4. The first-order valence-corrected chi connectivity index (χ1v) is 6.39. The van der Waals surface area contributed by atoms with Crippen LogP contribution in [-0.4, -0.2) is 35.1 Å². The molecule has 0 saturated carbocycles. The van der Waals surface area contributed by atoms with E-state index in [0.717, 1.165) is 5.39 Å². The molecule has 1 aromatic carbocycles. The highest BCUT2D eigenvalue weighted by Crippen LogP contribution is 2.21. The molecule has 104 valence electrons. The Bertz CT molecular complexity index is 664. The standard InChI is InChI=1S/C14H14N2O4/c17-13(18)10-3-5-16(8-10)14(19)15-11-2-1-9-4-6-20-12(9)7-11/h1-2,4,6-7,10H,3,5,8H2,(H,15,19)(H,17,18).